The molecule has 17 heavy (non-hydrogen) atoms. The molecular weight excluding hydrogens is 214 g/mol. The Morgan fingerprint density at radius 2 is 2.29 bits per heavy atom. The van der Waals surface area contributed by atoms with Gasteiger partial charge in [-0.3, -0.25) is 0 Å². The molecule has 2 rings (SSSR count). The van der Waals surface area contributed by atoms with Crippen LogP contribution in [0, 0.1) is 6.92 Å². The summed E-state index contributed by atoms with van der Waals surface area (Å²) < 4.78 is 4.86. The Kier molecular flexibility index (Phi) is 3.79. The first-order valence-electron chi connectivity index (χ1n) is 6.12. The molecule has 1 atom stereocenters. The van der Waals surface area contributed by atoms with Crippen molar-refractivity contribution in [3.63, 3.8) is 0 Å². The number of ether oxygens (including phenoxy) is 1. The van der Waals surface area contributed by atoms with Crippen LogP contribution in [0.25, 0.3) is 0 Å². The lowest BCUT2D eigenvalue weighted by atomic mass is 9.87. The summed E-state index contributed by atoms with van der Waals surface area (Å²) in [6.07, 6.45) is 2.30. The average Bonchev–Trinajstić information content (AvgIpc) is 2.38. The van der Waals surface area contributed by atoms with Crippen LogP contribution in [0.3, 0.4) is 0 Å². The van der Waals surface area contributed by atoms with Gasteiger partial charge in [-0.1, -0.05) is 17.7 Å². The zero-order chi connectivity index (χ0) is 12.3. The molecule has 1 N–H and O–H groups in total. The maximum absolute atomic E-state index is 11.8. The number of aryl methyl sites for hydroxylation is 1. The van der Waals surface area contributed by atoms with Crippen LogP contribution in [-0.4, -0.2) is 26.2 Å². The van der Waals surface area contributed by atoms with Gasteiger partial charge in [0.1, 0.15) is 0 Å². The quantitative estimate of drug-likeness (QED) is 0.796. The third-order valence-corrected chi connectivity index (χ3v) is 3.35. The SMILES string of the molecule is COC(=O)c1cc(C)ccc1C1CCCNC1. The lowest BCUT2D eigenvalue weighted by molar-refractivity contribution is 0.0598. The van der Waals surface area contributed by atoms with Gasteiger partial charge in [0.2, 0.25) is 0 Å². The lowest BCUT2D eigenvalue weighted by Gasteiger charge is -2.24. The first kappa shape index (κ1) is 12.1. The predicted octanol–water partition coefficient (Wildman–Crippen LogP) is 2.25. The molecule has 1 aromatic rings. The van der Waals surface area contributed by atoms with Crippen LogP contribution in [0.15, 0.2) is 18.2 Å². The molecule has 1 saturated heterocycles. The summed E-state index contributed by atoms with van der Waals surface area (Å²) in [4.78, 5) is 11.8. The van der Waals surface area contributed by atoms with E-state index in [9.17, 15) is 4.79 Å². The normalized spacial score (nSPS) is 20.0. The van der Waals surface area contributed by atoms with Crippen LogP contribution in [0.4, 0.5) is 0 Å². The number of rotatable bonds is 2. The van der Waals surface area contributed by atoms with Gasteiger partial charge in [-0.2, -0.15) is 0 Å². The summed E-state index contributed by atoms with van der Waals surface area (Å²) in [7, 11) is 1.44. The van der Waals surface area contributed by atoms with Crippen molar-refractivity contribution >= 4 is 5.97 Å². The number of methoxy groups -OCH3 is 1. The van der Waals surface area contributed by atoms with E-state index in [1.807, 2.05) is 13.0 Å². The molecule has 0 amide bonds. The van der Waals surface area contributed by atoms with E-state index in [2.05, 4.69) is 17.4 Å². The van der Waals surface area contributed by atoms with Crippen LogP contribution >= 0.6 is 0 Å². The highest BCUT2D eigenvalue weighted by molar-refractivity contribution is 5.91. The van der Waals surface area contributed by atoms with Crippen molar-refractivity contribution in [1.29, 1.82) is 0 Å². The second-order valence-corrected chi connectivity index (χ2v) is 4.63. The summed E-state index contributed by atoms with van der Waals surface area (Å²) in [5.41, 5.74) is 2.94. The van der Waals surface area contributed by atoms with Gasteiger partial charge < -0.3 is 10.1 Å². The number of nitrogens with one attached hydrogen (secondary N) is 1. The van der Waals surface area contributed by atoms with Crippen molar-refractivity contribution < 1.29 is 9.53 Å². The fourth-order valence-corrected chi connectivity index (χ4v) is 2.43. The molecule has 1 unspecified atom stereocenters. The minimum absolute atomic E-state index is 0.228. The maximum atomic E-state index is 11.8. The van der Waals surface area contributed by atoms with Gasteiger partial charge in [0, 0.05) is 6.54 Å². The van der Waals surface area contributed by atoms with Crippen LogP contribution < -0.4 is 5.32 Å². The second-order valence-electron chi connectivity index (χ2n) is 4.63. The van der Waals surface area contributed by atoms with E-state index in [-0.39, 0.29) is 5.97 Å². The van der Waals surface area contributed by atoms with E-state index in [1.54, 1.807) is 0 Å². The first-order valence-corrected chi connectivity index (χ1v) is 6.12. The fourth-order valence-electron chi connectivity index (χ4n) is 2.43. The lowest BCUT2D eigenvalue weighted by Crippen LogP contribution is -2.29. The molecule has 0 saturated carbocycles. The van der Waals surface area contributed by atoms with Gasteiger partial charge in [-0.15, -0.1) is 0 Å². The Bertz CT molecular complexity index is 409. The Hall–Kier alpha value is -1.35. The highest BCUT2D eigenvalue weighted by Crippen LogP contribution is 2.27. The molecule has 0 bridgehead atoms. The molecular formula is C14H19NO2. The van der Waals surface area contributed by atoms with Gasteiger partial charge >= 0.3 is 5.97 Å². The van der Waals surface area contributed by atoms with Crippen molar-refractivity contribution in [3.8, 4) is 0 Å². The van der Waals surface area contributed by atoms with Crippen LogP contribution in [0.5, 0.6) is 0 Å². The maximum Gasteiger partial charge on any atom is 0.338 e. The molecule has 1 aromatic carbocycles. The fraction of sp³-hybridized carbons (Fsp3) is 0.500. The molecule has 0 spiro atoms. The standard InChI is InChI=1S/C14H19NO2/c1-10-5-6-12(11-4-3-7-15-9-11)13(8-10)14(16)17-2/h5-6,8,11,15H,3-4,7,9H2,1-2H3. The van der Waals surface area contributed by atoms with Crippen molar-refractivity contribution in [1.82, 2.24) is 5.32 Å². The molecule has 1 aliphatic heterocycles. The Labute approximate surface area is 102 Å². The number of benzene rings is 1. The minimum Gasteiger partial charge on any atom is -0.465 e. The molecule has 1 aliphatic rings. The molecule has 3 nitrogen and oxygen atoms in total. The summed E-state index contributed by atoms with van der Waals surface area (Å²) in [5, 5.41) is 3.38. The number of hydrogen-bond acceptors (Lipinski definition) is 3. The van der Waals surface area contributed by atoms with Crippen LogP contribution in [0.1, 0.15) is 40.2 Å². The van der Waals surface area contributed by atoms with Crippen LogP contribution in [0.2, 0.25) is 0 Å². The molecule has 0 aromatic heterocycles. The molecule has 3 heteroatoms. The Morgan fingerprint density at radius 3 is 2.94 bits per heavy atom. The third kappa shape index (κ3) is 2.67. The van der Waals surface area contributed by atoms with Crippen molar-refractivity contribution in [3.05, 3.63) is 34.9 Å². The molecule has 1 heterocycles. The molecule has 0 radical (unpaired) electrons. The van der Waals surface area contributed by atoms with Crippen molar-refractivity contribution in [2.75, 3.05) is 20.2 Å². The minimum atomic E-state index is -0.228. The number of piperidine rings is 1. The third-order valence-electron chi connectivity index (χ3n) is 3.35. The highest BCUT2D eigenvalue weighted by Gasteiger charge is 2.21. The van der Waals surface area contributed by atoms with E-state index in [4.69, 9.17) is 4.74 Å². The molecule has 92 valence electrons. The number of carbonyl (C=O) groups excluding carboxylic acids is 1. The summed E-state index contributed by atoms with van der Waals surface area (Å²) >= 11 is 0. The van der Waals surface area contributed by atoms with Gasteiger partial charge in [-0.05, 0) is 43.9 Å². The summed E-state index contributed by atoms with van der Waals surface area (Å²) in [6, 6.07) is 6.06. The monoisotopic (exact) mass is 233 g/mol. The molecule has 1 fully saturated rings. The second kappa shape index (κ2) is 5.32. The topological polar surface area (TPSA) is 38.3 Å². The number of hydrogen-bond donors (Lipinski definition) is 1. The van der Waals surface area contributed by atoms with Crippen molar-refractivity contribution in [2.24, 2.45) is 0 Å². The van der Waals surface area contributed by atoms with Gasteiger partial charge in [-0.25, -0.2) is 4.79 Å². The van der Waals surface area contributed by atoms with E-state index < -0.39 is 0 Å². The largest absolute Gasteiger partial charge is 0.465 e. The average molecular weight is 233 g/mol. The van der Waals surface area contributed by atoms with E-state index >= 15 is 0 Å². The van der Waals surface area contributed by atoms with E-state index in [0.29, 0.717) is 5.92 Å². The Morgan fingerprint density at radius 1 is 1.47 bits per heavy atom. The van der Waals surface area contributed by atoms with E-state index in [0.717, 1.165) is 36.2 Å². The summed E-state index contributed by atoms with van der Waals surface area (Å²) in [5.74, 6) is 0.202. The zero-order valence-electron chi connectivity index (χ0n) is 10.5. The highest BCUT2D eigenvalue weighted by atomic mass is 16.5. The van der Waals surface area contributed by atoms with Crippen LogP contribution in [-0.2, 0) is 4.74 Å². The van der Waals surface area contributed by atoms with Gasteiger partial charge in [0.15, 0.2) is 0 Å². The zero-order valence-corrected chi connectivity index (χ0v) is 10.5. The van der Waals surface area contributed by atoms with Crippen molar-refractivity contribution in [2.45, 2.75) is 25.7 Å². The first-order chi connectivity index (χ1) is 8.22. The predicted molar refractivity (Wildman–Crippen MR) is 67.4 cm³/mol. The summed E-state index contributed by atoms with van der Waals surface area (Å²) in [6.45, 7) is 4.03. The Balaban J connectivity index is 2.34. The number of esters is 1. The van der Waals surface area contributed by atoms with E-state index in [1.165, 1.54) is 13.5 Å². The smallest absolute Gasteiger partial charge is 0.338 e. The number of carbonyl (C=O) groups is 1. The molecule has 0 aliphatic carbocycles. The van der Waals surface area contributed by atoms with Gasteiger partial charge in [0.05, 0.1) is 12.7 Å². The van der Waals surface area contributed by atoms with Gasteiger partial charge in [0.25, 0.3) is 0 Å².